The maximum Gasteiger partial charge on any atom is 0.316 e. The lowest BCUT2D eigenvalue weighted by atomic mass is 9.75. The molecular weight excluding hydrogens is 420 g/mol. The lowest BCUT2D eigenvalue weighted by Crippen LogP contribution is -2.36. The SMILES string of the molecule is CC(C)[C@H]1CC[C@@H](C)C[C@H]1OC(=O)CSc1nnc(-c2ccncc2)n1-c1ccccc1. The summed E-state index contributed by atoms with van der Waals surface area (Å²) in [5, 5.41) is 9.47. The van der Waals surface area contributed by atoms with Gasteiger partial charge in [-0.25, -0.2) is 0 Å². The predicted molar refractivity (Wildman–Crippen MR) is 127 cm³/mol. The fraction of sp³-hybridized carbons (Fsp3) is 0.440. The van der Waals surface area contributed by atoms with Crippen LogP contribution in [0.4, 0.5) is 0 Å². The Morgan fingerprint density at radius 1 is 1.12 bits per heavy atom. The van der Waals surface area contributed by atoms with E-state index in [9.17, 15) is 4.79 Å². The van der Waals surface area contributed by atoms with Crippen molar-refractivity contribution in [2.75, 3.05) is 5.75 Å². The fourth-order valence-corrected chi connectivity index (χ4v) is 5.17. The minimum Gasteiger partial charge on any atom is -0.461 e. The smallest absolute Gasteiger partial charge is 0.316 e. The van der Waals surface area contributed by atoms with Crippen LogP contribution in [0.5, 0.6) is 0 Å². The van der Waals surface area contributed by atoms with Gasteiger partial charge in [0.15, 0.2) is 11.0 Å². The van der Waals surface area contributed by atoms with Crippen LogP contribution < -0.4 is 0 Å². The van der Waals surface area contributed by atoms with Crippen LogP contribution in [0, 0.1) is 17.8 Å². The average molecular weight is 451 g/mol. The number of carbonyl (C=O) groups excluding carboxylic acids is 1. The molecule has 0 N–H and O–H groups in total. The first kappa shape index (κ1) is 22.5. The molecule has 168 valence electrons. The van der Waals surface area contributed by atoms with Gasteiger partial charge < -0.3 is 4.74 Å². The van der Waals surface area contributed by atoms with Gasteiger partial charge >= 0.3 is 5.97 Å². The molecule has 0 unspecified atom stereocenters. The zero-order valence-corrected chi connectivity index (χ0v) is 19.7. The number of benzene rings is 1. The molecule has 0 aliphatic heterocycles. The number of pyridine rings is 1. The normalized spacial score (nSPS) is 20.9. The van der Waals surface area contributed by atoms with Crippen LogP contribution in [-0.2, 0) is 9.53 Å². The van der Waals surface area contributed by atoms with Crippen molar-refractivity contribution in [1.82, 2.24) is 19.7 Å². The Morgan fingerprint density at radius 2 is 1.88 bits per heavy atom. The molecule has 0 saturated heterocycles. The van der Waals surface area contributed by atoms with E-state index in [4.69, 9.17) is 4.74 Å². The predicted octanol–water partition coefficient (Wildman–Crippen LogP) is 5.43. The summed E-state index contributed by atoms with van der Waals surface area (Å²) in [4.78, 5) is 16.9. The molecule has 0 radical (unpaired) electrons. The van der Waals surface area contributed by atoms with Crippen molar-refractivity contribution < 1.29 is 9.53 Å². The second-order valence-electron chi connectivity index (χ2n) is 8.86. The maximum atomic E-state index is 12.8. The highest BCUT2D eigenvalue weighted by atomic mass is 32.2. The molecule has 3 atom stereocenters. The van der Waals surface area contributed by atoms with Gasteiger partial charge in [0.05, 0.1) is 5.75 Å². The minimum absolute atomic E-state index is 0.00576. The van der Waals surface area contributed by atoms with Crippen LogP contribution in [-0.4, -0.2) is 37.6 Å². The van der Waals surface area contributed by atoms with Gasteiger partial charge in [-0.3, -0.25) is 14.3 Å². The molecule has 3 aromatic rings. The summed E-state index contributed by atoms with van der Waals surface area (Å²) in [5.74, 6) is 2.28. The summed E-state index contributed by atoms with van der Waals surface area (Å²) in [6.45, 7) is 6.69. The summed E-state index contributed by atoms with van der Waals surface area (Å²) in [6.07, 6.45) is 6.77. The third-order valence-electron chi connectivity index (χ3n) is 6.15. The zero-order chi connectivity index (χ0) is 22.5. The van der Waals surface area contributed by atoms with E-state index >= 15 is 0 Å². The Bertz CT molecular complexity index is 1020. The monoisotopic (exact) mass is 450 g/mol. The molecule has 6 nitrogen and oxygen atoms in total. The van der Waals surface area contributed by atoms with Crippen LogP contribution in [0.25, 0.3) is 17.1 Å². The third-order valence-corrected chi connectivity index (χ3v) is 7.05. The second-order valence-corrected chi connectivity index (χ2v) is 9.80. The molecule has 4 rings (SSSR count). The number of hydrogen-bond acceptors (Lipinski definition) is 6. The van der Waals surface area contributed by atoms with Gasteiger partial charge in [0.1, 0.15) is 6.10 Å². The highest BCUT2D eigenvalue weighted by Gasteiger charge is 2.33. The van der Waals surface area contributed by atoms with Crippen LogP contribution in [0.2, 0.25) is 0 Å². The maximum absolute atomic E-state index is 12.8. The number of para-hydroxylation sites is 1. The highest BCUT2D eigenvalue weighted by Crippen LogP contribution is 2.36. The van der Waals surface area contributed by atoms with E-state index < -0.39 is 0 Å². The van der Waals surface area contributed by atoms with Crippen molar-refractivity contribution in [2.24, 2.45) is 17.8 Å². The van der Waals surface area contributed by atoms with Crippen molar-refractivity contribution in [2.45, 2.75) is 51.3 Å². The number of rotatable bonds is 7. The topological polar surface area (TPSA) is 69.9 Å². The van der Waals surface area contributed by atoms with Crippen LogP contribution in [0.1, 0.15) is 40.0 Å². The molecule has 1 aromatic carbocycles. The second kappa shape index (κ2) is 10.3. The van der Waals surface area contributed by atoms with Gasteiger partial charge in [-0.15, -0.1) is 10.2 Å². The number of carbonyl (C=O) groups is 1. The Balaban J connectivity index is 1.51. The molecular formula is C25H30N4O2S. The van der Waals surface area contributed by atoms with Crippen LogP contribution >= 0.6 is 11.8 Å². The van der Waals surface area contributed by atoms with Gasteiger partial charge in [-0.05, 0) is 54.9 Å². The standard InChI is InChI=1S/C25H30N4O2S/c1-17(2)21-10-9-18(3)15-22(21)31-23(30)16-32-25-28-27-24(19-11-13-26-14-12-19)29(25)20-7-5-4-6-8-20/h4-8,11-14,17-18,21-22H,9-10,15-16H2,1-3H3/t18-,21-,22-/m1/s1. The summed E-state index contributed by atoms with van der Waals surface area (Å²) in [6, 6.07) is 13.8. The van der Waals surface area contributed by atoms with Crippen LogP contribution in [0.15, 0.2) is 60.0 Å². The lowest BCUT2D eigenvalue weighted by Gasteiger charge is -2.36. The average Bonchev–Trinajstić information content (AvgIpc) is 3.23. The van der Waals surface area contributed by atoms with Gasteiger partial charge in [0.2, 0.25) is 0 Å². The number of thioether (sulfide) groups is 1. The molecule has 1 aliphatic carbocycles. The Hall–Kier alpha value is -2.67. The van der Waals surface area contributed by atoms with E-state index in [1.165, 1.54) is 18.2 Å². The van der Waals surface area contributed by atoms with Crippen molar-refractivity contribution in [3.05, 3.63) is 54.9 Å². The largest absolute Gasteiger partial charge is 0.461 e. The van der Waals surface area contributed by atoms with Crippen molar-refractivity contribution in [3.8, 4) is 17.1 Å². The quantitative estimate of drug-likeness (QED) is 0.353. The fourth-order valence-electron chi connectivity index (χ4n) is 4.44. The number of nitrogens with zero attached hydrogens (tertiary/aromatic N) is 4. The first-order valence-electron chi connectivity index (χ1n) is 11.3. The van der Waals surface area contributed by atoms with E-state index in [1.807, 2.05) is 47.0 Å². The summed E-state index contributed by atoms with van der Waals surface area (Å²) >= 11 is 1.36. The summed E-state index contributed by atoms with van der Waals surface area (Å²) in [7, 11) is 0. The molecule has 1 fully saturated rings. The van der Waals surface area contributed by atoms with Gasteiger partial charge in [-0.1, -0.05) is 57.2 Å². The molecule has 2 heterocycles. The molecule has 0 bridgehead atoms. The van der Waals surface area contributed by atoms with Gasteiger partial charge in [-0.2, -0.15) is 0 Å². The van der Waals surface area contributed by atoms with Crippen molar-refractivity contribution in [1.29, 1.82) is 0 Å². The first-order valence-corrected chi connectivity index (χ1v) is 12.2. The van der Waals surface area contributed by atoms with E-state index in [0.717, 1.165) is 29.9 Å². The summed E-state index contributed by atoms with van der Waals surface area (Å²) < 4.78 is 7.95. The Morgan fingerprint density at radius 3 is 2.59 bits per heavy atom. The molecule has 1 saturated carbocycles. The van der Waals surface area contributed by atoms with E-state index in [2.05, 4.69) is 36.0 Å². The number of ether oxygens (including phenoxy) is 1. The number of esters is 1. The van der Waals surface area contributed by atoms with E-state index in [-0.39, 0.29) is 17.8 Å². The lowest BCUT2D eigenvalue weighted by molar-refractivity contribution is -0.152. The molecule has 32 heavy (non-hydrogen) atoms. The highest BCUT2D eigenvalue weighted by molar-refractivity contribution is 7.99. The van der Waals surface area contributed by atoms with E-state index in [0.29, 0.717) is 22.9 Å². The van der Waals surface area contributed by atoms with Gasteiger partial charge in [0.25, 0.3) is 0 Å². The van der Waals surface area contributed by atoms with E-state index in [1.54, 1.807) is 12.4 Å². The molecule has 1 aliphatic rings. The minimum atomic E-state index is -0.187. The number of hydrogen-bond donors (Lipinski definition) is 0. The molecule has 0 spiro atoms. The van der Waals surface area contributed by atoms with Crippen LogP contribution in [0.3, 0.4) is 0 Å². The zero-order valence-electron chi connectivity index (χ0n) is 18.8. The molecule has 2 aromatic heterocycles. The van der Waals surface area contributed by atoms with Gasteiger partial charge in [0, 0.05) is 23.6 Å². The van der Waals surface area contributed by atoms with Crippen molar-refractivity contribution >= 4 is 17.7 Å². The van der Waals surface area contributed by atoms with Crippen molar-refractivity contribution in [3.63, 3.8) is 0 Å². The molecule has 0 amide bonds. The Kier molecular flexibility index (Phi) is 7.25. The molecule has 7 heteroatoms. The number of aromatic nitrogens is 4. The Labute approximate surface area is 193 Å². The first-order chi connectivity index (χ1) is 15.5. The third kappa shape index (κ3) is 5.21. The summed E-state index contributed by atoms with van der Waals surface area (Å²) in [5.41, 5.74) is 1.86.